The van der Waals surface area contributed by atoms with Gasteiger partial charge in [0.2, 0.25) is 11.8 Å². The van der Waals surface area contributed by atoms with E-state index < -0.39 is 11.0 Å². The van der Waals surface area contributed by atoms with Crippen LogP contribution in [-0.2, 0) is 22.6 Å². The molecule has 1 atom stereocenters. The number of amides is 2. The van der Waals surface area contributed by atoms with E-state index in [1.807, 2.05) is 39.0 Å². The number of benzene rings is 2. The van der Waals surface area contributed by atoms with Crippen LogP contribution in [0.3, 0.4) is 0 Å². The summed E-state index contributed by atoms with van der Waals surface area (Å²) in [6, 6.07) is 12.8. The molecule has 0 saturated carbocycles. The van der Waals surface area contributed by atoms with Gasteiger partial charge in [0.05, 0.1) is 18.5 Å². The second kappa shape index (κ2) is 11.8. The highest BCUT2D eigenvalue weighted by molar-refractivity contribution is 5.88. The van der Waals surface area contributed by atoms with Gasteiger partial charge in [0, 0.05) is 24.7 Å². The summed E-state index contributed by atoms with van der Waals surface area (Å²) in [6.07, 6.45) is 0.242. The summed E-state index contributed by atoms with van der Waals surface area (Å²) in [5, 5.41) is 14.3. The van der Waals surface area contributed by atoms with E-state index >= 15 is 0 Å². The van der Waals surface area contributed by atoms with E-state index in [2.05, 4.69) is 5.32 Å². The van der Waals surface area contributed by atoms with Crippen molar-refractivity contribution >= 4 is 17.5 Å². The van der Waals surface area contributed by atoms with Crippen molar-refractivity contribution in [1.29, 1.82) is 0 Å². The summed E-state index contributed by atoms with van der Waals surface area (Å²) in [6.45, 7) is 6.52. The first kappa shape index (κ1) is 24.8. The third-order valence-corrected chi connectivity index (χ3v) is 5.09. The van der Waals surface area contributed by atoms with Crippen molar-refractivity contribution in [2.24, 2.45) is 5.92 Å². The van der Waals surface area contributed by atoms with Crippen LogP contribution in [0.2, 0.25) is 0 Å². The summed E-state index contributed by atoms with van der Waals surface area (Å²) in [5.41, 5.74) is 1.01. The Kier molecular flexibility index (Phi) is 9.19. The lowest BCUT2D eigenvalue weighted by Crippen LogP contribution is -2.50. The number of nitro groups is 1. The van der Waals surface area contributed by atoms with Gasteiger partial charge in [0.1, 0.15) is 11.8 Å². The van der Waals surface area contributed by atoms with E-state index in [0.29, 0.717) is 24.3 Å². The van der Waals surface area contributed by atoms with Crippen LogP contribution in [0.5, 0.6) is 5.75 Å². The molecule has 0 aliphatic heterocycles. The first-order chi connectivity index (χ1) is 15.3. The van der Waals surface area contributed by atoms with Gasteiger partial charge >= 0.3 is 0 Å². The highest BCUT2D eigenvalue weighted by atomic mass is 16.6. The molecule has 2 aromatic rings. The van der Waals surface area contributed by atoms with Crippen molar-refractivity contribution in [3.63, 3.8) is 0 Å². The van der Waals surface area contributed by atoms with Gasteiger partial charge in [-0.05, 0) is 30.0 Å². The molecule has 0 heterocycles. The SMILES string of the molecule is CC[C@H](C(=O)NCC(C)C)N(Cc1cccc(OC)c1)C(=O)Cc1ccccc1[N+](=O)[O-]. The average Bonchev–Trinajstić information content (AvgIpc) is 2.77. The Morgan fingerprint density at radius 3 is 2.50 bits per heavy atom. The Hall–Kier alpha value is -3.42. The Morgan fingerprint density at radius 1 is 1.16 bits per heavy atom. The van der Waals surface area contributed by atoms with Crippen LogP contribution in [-0.4, -0.2) is 41.3 Å². The number of ether oxygens (including phenoxy) is 1. The number of carbonyl (C=O) groups is 2. The second-order valence-electron chi connectivity index (χ2n) is 8.00. The van der Waals surface area contributed by atoms with Crippen molar-refractivity contribution in [2.75, 3.05) is 13.7 Å². The van der Waals surface area contributed by atoms with Gasteiger partial charge in [-0.25, -0.2) is 0 Å². The molecule has 0 aliphatic rings. The fourth-order valence-electron chi connectivity index (χ4n) is 3.41. The molecule has 8 nitrogen and oxygen atoms in total. The quantitative estimate of drug-likeness (QED) is 0.423. The maximum atomic E-state index is 13.4. The molecule has 0 aromatic heterocycles. The first-order valence-electron chi connectivity index (χ1n) is 10.7. The highest BCUT2D eigenvalue weighted by Crippen LogP contribution is 2.22. The molecule has 8 heteroatoms. The van der Waals surface area contributed by atoms with Gasteiger partial charge in [0.15, 0.2) is 0 Å². The van der Waals surface area contributed by atoms with Gasteiger partial charge in [-0.1, -0.05) is 51.1 Å². The predicted molar refractivity (Wildman–Crippen MR) is 122 cm³/mol. The standard InChI is InChI=1S/C24H31N3O5/c1-5-21(24(29)25-15-17(2)3)26(16-18-9-8-11-20(13-18)32-4)23(28)14-19-10-6-7-12-22(19)27(30)31/h6-13,17,21H,5,14-16H2,1-4H3,(H,25,29)/t21-/m1/s1. The number of rotatable bonds is 11. The molecule has 2 amide bonds. The molecule has 0 fully saturated rings. The van der Waals surface area contributed by atoms with E-state index in [-0.39, 0.29) is 36.4 Å². The van der Waals surface area contributed by atoms with Crippen molar-refractivity contribution < 1.29 is 19.2 Å². The molecule has 2 rings (SSSR count). The van der Waals surface area contributed by atoms with Crippen LogP contribution < -0.4 is 10.1 Å². The lowest BCUT2D eigenvalue weighted by molar-refractivity contribution is -0.385. The van der Waals surface area contributed by atoms with Crippen molar-refractivity contribution in [3.05, 3.63) is 69.8 Å². The summed E-state index contributed by atoms with van der Waals surface area (Å²) in [5.74, 6) is 0.325. The average molecular weight is 442 g/mol. The zero-order valence-corrected chi connectivity index (χ0v) is 19.0. The molecule has 0 spiro atoms. The molecule has 172 valence electrons. The number of methoxy groups -OCH3 is 1. The minimum atomic E-state index is -0.699. The van der Waals surface area contributed by atoms with E-state index in [1.54, 1.807) is 31.4 Å². The summed E-state index contributed by atoms with van der Waals surface area (Å²) in [4.78, 5) is 38.7. The van der Waals surface area contributed by atoms with Gasteiger partial charge < -0.3 is 15.0 Å². The van der Waals surface area contributed by atoms with E-state index in [4.69, 9.17) is 4.74 Å². The smallest absolute Gasteiger partial charge is 0.273 e. The summed E-state index contributed by atoms with van der Waals surface area (Å²) >= 11 is 0. The lowest BCUT2D eigenvalue weighted by atomic mass is 10.0. The fourth-order valence-corrected chi connectivity index (χ4v) is 3.41. The minimum absolute atomic E-state index is 0.112. The Balaban J connectivity index is 2.36. The zero-order chi connectivity index (χ0) is 23.7. The molecule has 0 bridgehead atoms. The normalized spacial score (nSPS) is 11.7. The van der Waals surface area contributed by atoms with Crippen molar-refractivity contribution in [3.8, 4) is 5.75 Å². The molecular formula is C24H31N3O5. The molecule has 0 aliphatic carbocycles. The van der Waals surface area contributed by atoms with Crippen LogP contribution >= 0.6 is 0 Å². The number of nitrogens with one attached hydrogen (secondary N) is 1. The number of para-hydroxylation sites is 1. The summed E-state index contributed by atoms with van der Waals surface area (Å²) < 4.78 is 5.28. The van der Waals surface area contributed by atoms with Gasteiger partial charge in [-0.15, -0.1) is 0 Å². The van der Waals surface area contributed by atoms with Crippen LogP contribution in [0.1, 0.15) is 38.3 Å². The van der Waals surface area contributed by atoms with Gasteiger partial charge in [-0.2, -0.15) is 0 Å². The third kappa shape index (κ3) is 6.80. The number of nitro benzene ring substituents is 1. The van der Waals surface area contributed by atoms with E-state index in [1.165, 1.54) is 11.0 Å². The lowest BCUT2D eigenvalue weighted by Gasteiger charge is -2.31. The Bertz CT molecular complexity index is 945. The van der Waals surface area contributed by atoms with Crippen LogP contribution in [0, 0.1) is 16.0 Å². The Labute approximate surface area is 188 Å². The molecular weight excluding hydrogens is 410 g/mol. The number of hydrogen-bond donors (Lipinski definition) is 1. The molecule has 0 saturated heterocycles. The van der Waals surface area contributed by atoms with Gasteiger partial charge in [0.25, 0.3) is 5.69 Å². The number of hydrogen-bond acceptors (Lipinski definition) is 5. The first-order valence-corrected chi connectivity index (χ1v) is 10.7. The second-order valence-corrected chi connectivity index (χ2v) is 8.00. The number of carbonyl (C=O) groups excluding carboxylic acids is 2. The van der Waals surface area contributed by atoms with Crippen LogP contribution in [0.15, 0.2) is 48.5 Å². The van der Waals surface area contributed by atoms with Crippen LogP contribution in [0.25, 0.3) is 0 Å². The zero-order valence-electron chi connectivity index (χ0n) is 19.0. The third-order valence-electron chi connectivity index (χ3n) is 5.09. The van der Waals surface area contributed by atoms with Gasteiger partial charge in [-0.3, -0.25) is 19.7 Å². The highest BCUT2D eigenvalue weighted by Gasteiger charge is 2.30. The molecule has 0 unspecified atom stereocenters. The largest absolute Gasteiger partial charge is 0.497 e. The minimum Gasteiger partial charge on any atom is -0.497 e. The maximum Gasteiger partial charge on any atom is 0.273 e. The van der Waals surface area contributed by atoms with Crippen molar-refractivity contribution in [2.45, 2.75) is 46.2 Å². The molecule has 32 heavy (non-hydrogen) atoms. The molecule has 0 radical (unpaired) electrons. The summed E-state index contributed by atoms with van der Waals surface area (Å²) in [7, 11) is 1.56. The monoisotopic (exact) mass is 441 g/mol. The number of nitrogens with zero attached hydrogens (tertiary/aromatic N) is 2. The topological polar surface area (TPSA) is 102 Å². The molecule has 2 aromatic carbocycles. The maximum absolute atomic E-state index is 13.4. The fraction of sp³-hybridized carbons (Fsp3) is 0.417. The van der Waals surface area contributed by atoms with E-state index in [9.17, 15) is 19.7 Å². The Morgan fingerprint density at radius 2 is 1.88 bits per heavy atom. The predicted octanol–water partition coefficient (Wildman–Crippen LogP) is 3.73. The van der Waals surface area contributed by atoms with E-state index in [0.717, 1.165) is 5.56 Å². The molecule has 1 N–H and O–H groups in total. The van der Waals surface area contributed by atoms with Crippen molar-refractivity contribution in [1.82, 2.24) is 10.2 Å². The van der Waals surface area contributed by atoms with Crippen LogP contribution in [0.4, 0.5) is 5.69 Å².